The topological polar surface area (TPSA) is 66.5 Å². The molecule has 0 unspecified atom stereocenters. The van der Waals surface area contributed by atoms with Crippen LogP contribution in [0.4, 0.5) is 11.4 Å². The lowest BCUT2D eigenvalue weighted by atomic mass is 10.1. The summed E-state index contributed by atoms with van der Waals surface area (Å²) in [5.41, 5.74) is 3.50. The molecule has 0 radical (unpaired) electrons. The van der Waals surface area contributed by atoms with Crippen LogP contribution >= 0.6 is 23.2 Å². The van der Waals surface area contributed by atoms with Gasteiger partial charge in [0.05, 0.1) is 10.6 Å². The van der Waals surface area contributed by atoms with E-state index in [9.17, 15) is 13.2 Å². The first-order valence-corrected chi connectivity index (χ1v) is 11.7. The first-order chi connectivity index (χ1) is 14.6. The van der Waals surface area contributed by atoms with Gasteiger partial charge in [0.15, 0.2) is 0 Å². The fourth-order valence-electron chi connectivity index (χ4n) is 3.18. The van der Waals surface area contributed by atoms with Gasteiger partial charge in [-0.05, 0) is 62.7 Å². The average Bonchev–Trinajstić information content (AvgIpc) is 2.66. The van der Waals surface area contributed by atoms with Crippen LogP contribution < -0.4 is 9.62 Å². The summed E-state index contributed by atoms with van der Waals surface area (Å²) in [6, 6.07) is 16.6. The molecule has 3 rings (SSSR count). The Kier molecular flexibility index (Phi) is 6.94. The molecule has 0 fully saturated rings. The molecule has 0 bridgehead atoms. The highest BCUT2D eigenvalue weighted by molar-refractivity contribution is 7.92. The van der Waals surface area contributed by atoms with Gasteiger partial charge in [0, 0.05) is 15.7 Å². The van der Waals surface area contributed by atoms with Crippen molar-refractivity contribution in [3.05, 3.63) is 87.4 Å². The van der Waals surface area contributed by atoms with Crippen LogP contribution in [0.15, 0.2) is 65.6 Å². The van der Waals surface area contributed by atoms with Crippen molar-refractivity contribution in [3.63, 3.8) is 0 Å². The van der Waals surface area contributed by atoms with E-state index in [2.05, 4.69) is 5.32 Å². The lowest BCUT2D eigenvalue weighted by Gasteiger charge is -2.26. The number of amides is 1. The Balaban J connectivity index is 1.99. The lowest BCUT2D eigenvalue weighted by Crippen LogP contribution is -2.38. The summed E-state index contributed by atoms with van der Waals surface area (Å²) in [4.78, 5) is 12.9. The van der Waals surface area contributed by atoms with Crippen molar-refractivity contribution < 1.29 is 13.2 Å². The summed E-state index contributed by atoms with van der Waals surface area (Å²) >= 11 is 12.0. The molecule has 0 saturated heterocycles. The summed E-state index contributed by atoms with van der Waals surface area (Å²) in [5.74, 6) is -0.519. The molecule has 0 aromatic heterocycles. The van der Waals surface area contributed by atoms with Gasteiger partial charge in [0.25, 0.3) is 10.0 Å². The van der Waals surface area contributed by atoms with Gasteiger partial charge in [0.1, 0.15) is 6.54 Å². The zero-order chi connectivity index (χ0) is 22.8. The summed E-state index contributed by atoms with van der Waals surface area (Å²) in [6.07, 6.45) is 0. The molecule has 3 aromatic rings. The maximum atomic E-state index is 13.5. The fourth-order valence-corrected chi connectivity index (χ4v) is 5.19. The molecule has 1 N–H and O–H groups in total. The molecular formula is C23H22Cl2N2O3S. The third-order valence-corrected chi connectivity index (χ3v) is 6.87. The predicted octanol–water partition coefficient (Wildman–Crippen LogP) is 5.75. The normalized spacial score (nSPS) is 11.3. The van der Waals surface area contributed by atoms with Crippen LogP contribution in [0, 0.1) is 20.8 Å². The van der Waals surface area contributed by atoms with Gasteiger partial charge in [-0.15, -0.1) is 0 Å². The maximum Gasteiger partial charge on any atom is 0.264 e. The Morgan fingerprint density at radius 1 is 0.871 bits per heavy atom. The Morgan fingerprint density at radius 3 is 2.03 bits per heavy atom. The van der Waals surface area contributed by atoms with E-state index in [4.69, 9.17) is 23.2 Å². The average molecular weight is 477 g/mol. The molecule has 0 saturated carbocycles. The van der Waals surface area contributed by atoms with Gasteiger partial charge in [0.2, 0.25) is 5.91 Å². The van der Waals surface area contributed by atoms with Crippen molar-refractivity contribution in [3.8, 4) is 0 Å². The van der Waals surface area contributed by atoms with Gasteiger partial charge >= 0.3 is 0 Å². The second-order valence-electron chi connectivity index (χ2n) is 7.32. The highest BCUT2D eigenvalue weighted by Crippen LogP contribution is 2.28. The number of rotatable bonds is 6. The van der Waals surface area contributed by atoms with Gasteiger partial charge in [-0.25, -0.2) is 8.42 Å². The number of carbonyl (C=O) groups excluding carboxylic acids is 1. The molecule has 0 spiro atoms. The zero-order valence-electron chi connectivity index (χ0n) is 17.3. The highest BCUT2D eigenvalue weighted by Gasteiger charge is 2.28. The van der Waals surface area contributed by atoms with E-state index in [-0.39, 0.29) is 4.90 Å². The van der Waals surface area contributed by atoms with E-state index >= 15 is 0 Å². The van der Waals surface area contributed by atoms with Crippen LogP contribution in [0.25, 0.3) is 0 Å². The van der Waals surface area contributed by atoms with E-state index in [0.717, 1.165) is 21.0 Å². The van der Waals surface area contributed by atoms with Crippen LogP contribution in [0.1, 0.15) is 16.7 Å². The molecule has 3 aromatic carbocycles. The maximum absolute atomic E-state index is 13.5. The number of hydrogen-bond acceptors (Lipinski definition) is 3. The van der Waals surface area contributed by atoms with Crippen molar-refractivity contribution in [1.29, 1.82) is 0 Å². The summed E-state index contributed by atoms with van der Waals surface area (Å²) < 4.78 is 28.1. The highest BCUT2D eigenvalue weighted by atomic mass is 35.5. The number of carbonyl (C=O) groups is 1. The van der Waals surface area contributed by atoms with Gasteiger partial charge in [-0.3, -0.25) is 9.10 Å². The van der Waals surface area contributed by atoms with Crippen molar-refractivity contribution >= 4 is 50.5 Å². The first kappa shape index (κ1) is 23.1. The molecule has 0 aliphatic carbocycles. The van der Waals surface area contributed by atoms with Crippen LogP contribution in [0.2, 0.25) is 10.0 Å². The number of benzene rings is 3. The van der Waals surface area contributed by atoms with Crippen LogP contribution in [-0.4, -0.2) is 20.9 Å². The number of hydrogen-bond donors (Lipinski definition) is 1. The van der Waals surface area contributed by atoms with E-state index in [1.807, 2.05) is 32.9 Å². The lowest BCUT2D eigenvalue weighted by molar-refractivity contribution is -0.114. The van der Waals surface area contributed by atoms with Gasteiger partial charge < -0.3 is 5.32 Å². The molecule has 31 heavy (non-hydrogen) atoms. The number of halogens is 2. The number of aryl methyl sites for hydroxylation is 3. The first-order valence-electron chi connectivity index (χ1n) is 9.49. The van der Waals surface area contributed by atoms with E-state index in [1.54, 1.807) is 36.4 Å². The summed E-state index contributed by atoms with van der Waals surface area (Å²) in [6.45, 7) is 5.20. The molecular weight excluding hydrogens is 455 g/mol. The predicted molar refractivity (Wildman–Crippen MR) is 127 cm³/mol. The molecule has 5 nitrogen and oxygen atoms in total. The van der Waals surface area contributed by atoms with Crippen molar-refractivity contribution in [1.82, 2.24) is 0 Å². The number of anilines is 2. The Morgan fingerprint density at radius 2 is 1.45 bits per heavy atom. The van der Waals surface area contributed by atoms with Crippen LogP contribution in [0.3, 0.4) is 0 Å². The second-order valence-corrected chi connectivity index (χ2v) is 10.1. The van der Waals surface area contributed by atoms with Gasteiger partial charge in [-0.1, -0.05) is 58.6 Å². The number of nitrogens with zero attached hydrogens (tertiary/aromatic N) is 1. The van der Waals surface area contributed by atoms with Crippen molar-refractivity contribution in [2.45, 2.75) is 25.7 Å². The molecule has 0 heterocycles. The Labute approximate surface area is 192 Å². The molecule has 8 heteroatoms. The summed E-state index contributed by atoms with van der Waals surface area (Å²) in [7, 11) is -3.99. The standard InChI is InChI=1S/C23H22Cl2N2O3S/c1-15-4-7-21(8-5-15)31(29,30)27(22-9-6-16(2)10-17(22)3)14-23(28)26-20-12-18(24)11-19(25)13-20/h4-13H,14H2,1-3H3,(H,26,28). The number of sulfonamides is 1. The van der Waals surface area contributed by atoms with E-state index in [0.29, 0.717) is 21.4 Å². The molecule has 162 valence electrons. The minimum absolute atomic E-state index is 0.108. The van der Waals surface area contributed by atoms with E-state index in [1.165, 1.54) is 12.1 Å². The minimum Gasteiger partial charge on any atom is -0.324 e. The molecule has 0 aliphatic rings. The quantitative estimate of drug-likeness (QED) is 0.492. The number of nitrogens with one attached hydrogen (secondary N) is 1. The largest absolute Gasteiger partial charge is 0.324 e. The third-order valence-electron chi connectivity index (χ3n) is 4.66. The van der Waals surface area contributed by atoms with Crippen molar-refractivity contribution in [2.24, 2.45) is 0 Å². The monoisotopic (exact) mass is 476 g/mol. The fraction of sp³-hybridized carbons (Fsp3) is 0.174. The third kappa shape index (κ3) is 5.58. The van der Waals surface area contributed by atoms with Gasteiger partial charge in [-0.2, -0.15) is 0 Å². The van der Waals surface area contributed by atoms with E-state index < -0.39 is 22.5 Å². The summed E-state index contributed by atoms with van der Waals surface area (Å²) in [5, 5.41) is 3.40. The zero-order valence-corrected chi connectivity index (χ0v) is 19.6. The molecule has 1 amide bonds. The molecule has 0 aliphatic heterocycles. The Hall–Kier alpha value is -2.54. The smallest absolute Gasteiger partial charge is 0.264 e. The molecule has 0 atom stereocenters. The Bertz CT molecular complexity index is 1210. The SMILES string of the molecule is Cc1ccc(S(=O)(=O)N(CC(=O)Nc2cc(Cl)cc(Cl)c2)c2ccc(C)cc2C)cc1. The second kappa shape index (κ2) is 9.30. The minimum atomic E-state index is -3.99. The van der Waals surface area contributed by atoms with Crippen molar-refractivity contribution in [2.75, 3.05) is 16.2 Å². The van der Waals surface area contributed by atoms with Crippen LogP contribution in [0.5, 0.6) is 0 Å². The van der Waals surface area contributed by atoms with Crippen LogP contribution in [-0.2, 0) is 14.8 Å².